The largest absolute Gasteiger partial charge is 0.310 e. The highest BCUT2D eigenvalue weighted by atomic mass is 15.1. The molecule has 0 aliphatic heterocycles. The third-order valence-corrected chi connectivity index (χ3v) is 11.8. The van der Waals surface area contributed by atoms with Crippen molar-refractivity contribution < 1.29 is 0 Å². The van der Waals surface area contributed by atoms with Crippen molar-refractivity contribution in [2.75, 3.05) is 4.90 Å². The van der Waals surface area contributed by atoms with Crippen molar-refractivity contribution in [3.05, 3.63) is 243 Å². The number of hydrogen-bond acceptors (Lipinski definition) is 1. The second-order valence-corrected chi connectivity index (χ2v) is 15.3. The minimum absolute atomic E-state index is 1.09. The van der Waals surface area contributed by atoms with Gasteiger partial charge in [0.2, 0.25) is 0 Å². The molecule has 0 N–H and O–H groups in total. The molecule has 0 atom stereocenters. The molecule has 0 bridgehead atoms. The molecule has 0 amide bonds. The summed E-state index contributed by atoms with van der Waals surface area (Å²) in [6.07, 6.45) is 0. The van der Waals surface area contributed by atoms with Crippen molar-refractivity contribution in [2.45, 2.75) is 0 Å². The van der Waals surface area contributed by atoms with E-state index in [0.717, 1.165) is 33.9 Å². The topological polar surface area (TPSA) is 8.17 Å². The summed E-state index contributed by atoms with van der Waals surface area (Å²) in [5.74, 6) is 0. The maximum atomic E-state index is 2.45. The Morgan fingerprint density at radius 3 is 1.43 bits per heavy atom. The van der Waals surface area contributed by atoms with Gasteiger partial charge < -0.3 is 9.47 Å². The Balaban J connectivity index is 1.04. The van der Waals surface area contributed by atoms with Crippen LogP contribution >= 0.6 is 0 Å². The van der Waals surface area contributed by atoms with Crippen LogP contribution in [0.3, 0.4) is 0 Å². The van der Waals surface area contributed by atoms with E-state index in [0.29, 0.717) is 0 Å². The van der Waals surface area contributed by atoms with Crippen LogP contribution in [0.2, 0.25) is 0 Å². The van der Waals surface area contributed by atoms with Crippen molar-refractivity contribution in [3.63, 3.8) is 0 Å². The number of hydrogen-bond donors (Lipinski definition) is 0. The third-order valence-electron chi connectivity index (χ3n) is 11.8. The second kappa shape index (κ2) is 15.1. The van der Waals surface area contributed by atoms with E-state index in [-0.39, 0.29) is 0 Å². The summed E-state index contributed by atoms with van der Waals surface area (Å²) < 4.78 is 2.45. The number of fused-ring (bicyclic) bond motifs is 5. The highest BCUT2D eigenvalue weighted by Crippen LogP contribution is 2.43. The van der Waals surface area contributed by atoms with Crippen molar-refractivity contribution in [2.24, 2.45) is 0 Å². The minimum atomic E-state index is 1.09. The van der Waals surface area contributed by atoms with Crippen LogP contribution in [0.15, 0.2) is 243 Å². The van der Waals surface area contributed by atoms with Crippen LogP contribution in [0.4, 0.5) is 17.1 Å². The van der Waals surface area contributed by atoms with Crippen LogP contribution in [0.1, 0.15) is 0 Å². The summed E-state index contributed by atoms with van der Waals surface area (Å²) in [5, 5.41) is 5.06. The molecular formula is C58H40N2. The van der Waals surface area contributed by atoms with E-state index >= 15 is 0 Å². The molecule has 0 aliphatic carbocycles. The predicted octanol–water partition coefficient (Wildman–Crippen LogP) is 16.1. The molecule has 10 aromatic carbocycles. The molecule has 1 heterocycles. The lowest BCUT2D eigenvalue weighted by atomic mass is 9.97. The van der Waals surface area contributed by atoms with Crippen LogP contribution in [-0.4, -0.2) is 4.57 Å². The highest BCUT2D eigenvalue weighted by molar-refractivity contribution is 6.25. The average Bonchev–Trinajstić information content (AvgIpc) is 3.68. The lowest BCUT2D eigenvalue weighted by molar-refractivity contribution is 1.18. The smallest absolute Gasteiger partial charge is 0.0547 e. The molecule has 0 saturated heterocycles. The lowest BCUT2D eigenvalue weighted by Gasteiger charge is -2.26. The quantitative estimate of drug-likeness (QED) is 0.150. The minimum Gasteiger partial charge on any atom is -0.310 e. The van der Waals surface area contributed by atoms with Gasteiger partial charge in [-0.15, -0.1) is 0 Å². The molecule has 1 aromatic heterocycles. The van der Waals surface area contributed by atoms with Gasteiger partial charge in [-0.2, -0.15) is 0 Å². The van der Waals surface area contributed by atoms with Crippen molar-refractivity contribution in [1.29, 1.82) is 0 Å². The van der Waals surface area contributed by atoms with Crippen LogP contribution in [0, 0.1) is 0 Å². The molecule has 2 heteroatoms. The van der Waals surface area contributed by atoms with Gasteiger partial charge in [0.15, 0.2) is 0 Å². The zero-order chi connectivity index (χ0) is 39.8. The van der Waals surface area contributed by atoms with Gasteiger partial charge in [-0.25, -0.2) is 0 Å². The monoisotopic (exact) mass is 764 g/mol. The fourth-order valence-electron chi connectivity index (χ4n) is 8.93. The number of aromatic nitrogens is 1. The molecule has 0 unspecified atom stereocenters. The number of rotatable bonds is 8. The van der Waals surface area contributed by atoms with E-state index in [4.69, 9.17) is 0 Å². The summed E-state index contributed by atoms with van der Waals surface area (Å²) >= 11 is 0. The van der Waals surface area contributed by atoms with Crippen LogP contribution in [0.25, 0.3) is 82.8 Å². The first-order chi connectivity index (χ1) is 29.8. The van der Waals surface area contributed by atoms with E-state index in [1.165, 1.54) is 66.0 Å². The van der Waals surface area contributed by atoms with E-state index < -0.39 is 0 Å². The van der Waals surface area contributed by atoms with Gasteiger partial charge in [0.25, 0.3) is 0 Å². The molecule has 0 aliphatic rings. The van der Waals surface area contributed by atoms with E-state index in [1.807, 2.05) is 0 Å². The van der Waals surface area contributed by atoms with E-state index in [1.54, 1.807) is 0 Å². The SMILES string of the molecule is c1ccc(-c2ccc(N(c3ccc(-c4ccccc4)cc3)c3cccc(-c4cccc(-n5c6cccc(-c7ccccc7)c6c6c7ccccc7ccc65)c4)c3)cc2)cc1. The molecule has 0 radical (unpaired) electrons. The van der Waals surface area contributed by atoms with E-state index in [2.05, 4.69) is 252 Å². The summed E-state index contributed by atoms with van der Waals surface area (Å²) in [6.45, 7) is 0. The van der Waals surface area contributed by atoms with Gasteiger partial charge in [-0.3, -0.25) is 0 Å². The standard InChI is InChI=1S/C58H40N2/c1-4-15-41(16-5-1)43-29-34-49(35-30-43)59(50-36-31-44(32-37-50)42-17-6-2-7-18-42)51-24-12-22-47(39-51)48-23-13-25-52(40-48)60-55-28-14-27-54(45-19-8-3-9-20-45)57(55)58-53-26-11-10-21-46(53)33-38-56(58)60/h1-40H. The van der Waals surface area contributed by atoms with Crippen molar-refractivity contribution in [3.8, 4) is 50.2 Å². The Labute approximate surface area is 350 Å². The van der Waals surface area contributed by atoms with Gasteiger partial charge >= 0.3 is 0 Å². The van der Waals surface area contributed by atoms with Crippen molar-refractivity contribution >= 4 is 49.6 Å². The number of benzene rings is 10. The zero-order valence-electron chi connectivity index (χ0n) is 33.0. The molecule has 60 heavy (non-hydrogen) atoms. The summed E-state index contributed by atoms with van der Waals surface area (Å²) in [5.41, 5.74) is 16.4. The molecule has 0 fully saturated rings. The first-order valence-electron chi connectivity index (χ1n) is 20.6. The first-order valence-corrected chi connectivity index (χ1v) is 20.6. The Morgan fingerprint density at radius 1 is 0.283 bits per heavy atom. The molecule has 0 spiro atoms. The first kappa shape index (κ1) is 35.2. The summed E-state index contributed by atoms with van der Waals surface area (Å²) in [6, 6.07) is 87.8. The van der Waals surface area contributed by atoms with Gasteiger partial charge in [0.05, 0.1) is 11.0 Å². The third kappa shape index (κ3) is 6.32. The second-order valence-electron chi connectivity index (χ2n) is 15.3. The van der Waals surface area contributed by atoms with Gasteiger partial charge in [0.1, 0.15) is 0 Å². The van der Waals surface area contributed by atoms with Crippen molar-refractivity contribution in [1.82, 2.24) is 4.57 Å². The Hall–Kier alpha value is -7.94. The number of nitrogens with zero attached hydrogens (tertiary/aromatic N) is 2. The molecule has 11 rings (SSSR count). The van der Waals surface area contributed by atoms with Crippen LogP contribution in [-0.2, 0) is 0 Å². The molecule has 11 aromatic rings. The van der Waals surface area contributed by atoms with Crippen LogP contribution < -0.4 is 4.90 Å². The fraction of sp³-hybridized carbons (Fsp3) is 0. The van der Waals surface area contributed by atoms with E-state index in [9.17, 15) is 0 Å². The Morgan fingerprint density at radius 2 is 0.783 bits per heavy atom. The zero-order valence-corrected chi connectivity index (χ0v) is 33.0. The predicted molar refractivity (Wildman–Crippen MR) is 255 cm³/mol. The molecular weight excluding hydrogens is 725 g/mol. The fourth-order valence-corrected chi connectivity index (χ4v) is 8.93. The molecule has 2 nitrogen and oxygen atoms in total. The highest BCUT2D eigenvalue weighted by Gasteiger charge is 2.19. The lowest BCUT2D eigenvalue weighted by Crippen LogP contribution is -2.10. The van der Waals surface area contributed by atoms with Gasteiger partial charge in [-0.1, -0.05) is 182 Å². The summed E-state index contributed by atoms with van der Waals surface area (Å²) in [7, 11) is 0. The Bertz CT molecular complexity index is 3190. The normalized spacial score (nSPS) is 11.3. The maximum absolute atomic E-state index is 2.45. The number of anilines is 3. The molecule has 282 valence electrons. The van der Waals surface area contributed by atoms with Crippen LogP contribution in [0.5, 0.6) is 0 Å². The molecule has 0 saturated carbocycles. The Kier molecular flexibility index (Phi) is 8.87. The average molecular weight is 765 g/mol. The maximum Gasteiger partial charge on any atom is 0.0547 e. The van der Waals surface area contributed by atoms with Gasteiger partial charge in [-0.05, 0) is 116 Å². The van der Waals surface area contributed by atoms with Gasteiger partial charge in [0, 0.05) is 33.5 Å². The summed E-state index contributed by atoms with van der Waals surface area (Å²) in [4.78, 5) is 2.36.